The van der Waals surface area contributed by atoms with Gasteiger partial charge in [0.1, 0.15) is 6.61 Å². The van der Waals surface area contributed by atoms with Gasteiger partial charge in [-0.05, 0) is 36.7 Å². The summed E-state index contributed by atoms with van der Waals surface area (Å²) >= 11 is 0. The number of nitrogens with one attached hydrogen (secondary N) is 1. The van der Waals surface area contributed by atoms with Crippen molar-refractivity contribution in [1.29, 1.82) is 0 Å². The second kappa shape index (κ2) is 11.1. The predicted octanol–water partition coefficient (Wildman–Crippen LogP) is 5.19. The van der Waals surface area contributed by atoms with Crippen molar-refractivity contribution in [2.75, 3.05) is 13.2 Å². The number of ether oxygens (including phenoxy) is 1. The zero-order valence-electron chi connectivity index (χ0n) is 18.7. The quantitative estimate of drug-likeness (QED) is 0.359. The topological polar surface area (TPSA) is 111 Å². The van der Waals surface area contributed by atoms with Crippen molar-refractivity contribution >= 4 is 28.3 Å². The number of hydrogen-bond donors (Lipinski definition) is 2. The number of carboxylic acid groups (broad SMARTS) is 1. The van der Waals surface area contributed by atoms with Crippen LogP contribution in [0.5, 0.6) is 0 Å². The maximum atomic E-state index is 12.5. The zero-order valence-corrected chi connectivity index (χ0v) is 20.8. The Kier molecular flexibility index (Phi) is 7.99. The van der Waals surface area contributed by atoms with E-state index in [2.05, 4.69) is 5.32 Å². The van der Waals surface area contributed by atoms with Crippen LogP contribution in [0, 0.1) is 0 Å². The van der Waals surface area contributed by atoms with E-state index in [1.54, 1.807) is 12.1 Å². The number of carbonyl (C=O) groups is 2. The van der Waals surface area contributed by atoms with E-state index in [1.807, 2.05) is 75.7 Å². The Morgan fingerprint density at radius 3 is 2.09 bits per heavy atom. The Hall–Kier alpha value is -3.02. The van der Waals surface area contributed by atoms with Gasteiger partial charge in [0.2, 0.25) is 0 Å². The van der Waals surface area contributed by atoms with Gasteiger partial charge in [0.25, 0.3) is 0 Å². The minimum Gasteiger partial charge on any atom is -0.480 e. The lowest BCUT2D eigenvalue weighted by Crippen LogP contribution is -2.44. The van der Waals surface area contributed by atoms with Gasteiger partial charge < -0.3 is 24.2 Å². The maximum Gasteiger partial charge on any atom is 0.407 e. The smallest absolute Gasteiger partial charge is 0.407 e. The molecular weight excluding hydrogens is 488 g/mol. The number of hydrogen-bond acceptors (Lipinski definition) is 6. The van der Waals surface area contributed by atoms with E-state index in [0.29, 0.717) is 0 Å². The van der Waals surface area contributed by atoms with Gasteiger partial charge in [0.05, 0.1) is 13.2 Å². The zero-order chi connectivity index (χ0) is 24.8. The van der Waals surface area contributed by atoms with Gasteiger partial charge >= 0.3 is 19.3 Å². The van der Waals surface area contributed by atoms with Crippen molar-refractivity contribution in [3.8, 4) is 11.1 Å². The lowest BCUT2D eigenvalue weighted by molar-refractivity contribution is -0.140. The molecule has 0 spiro atoms. The summed E-state index contributed by atoms with van der Waals surface area (Å²) in [6, 6.07) is 23.4. The van der Waals surface area contributed by atoms with Gasteiger partial charge in [-0.15, -0.1) is 0 Å². The Morgan fingerprint density at radius 1 is 0.914 bits per heavy atom. The van der Waals surface area contributed by atoms with Gasteiger partial charge in [-0.1, -0.05) is 78.9 Å². The molecule has 4 rings (SSSR count). The molecule has 35 heavy (non-hydrogen) atoms. The Morgan fingerprint density at radius 2 is 1.49 bits per heavy atom. The van der Waals surface area contributed by atoms with Crippen molar-refractivity contribution < 1.29 is 33.0 Å². The predicted molar refractivity (Wildman–Crippen MR) is 134 cm³/mol. The molecule has 3 aromatic carbocycles. The van der Waals surface area contributed by atoms with Crippen molar-refractivity contribution in [3.05, 3.63) is 95.6 Å². The fourth-order valence-electron chi connectivity index (χ4n) is 3.91. The van der Waals surface area contributed by atoms with Crippen molar-refractivity contribution in [2.45, 2.75) is 18.6 Å². The Balaban J connectivity index is 1.31. The molecule has 3 atom stereocenters. The summed E-state index contributed by atoms with van der Waals surface area (Å²) < 4.78 is 28.4. The van der Waals surface area contributed by atoms with Crippen LogP contribution in [0.2, 0.25) is 0 Å². The highest BCUT2D eigenvalue weighted by atomic mass is 32.1. The monoisotopic (exact) mass is 513 g/mol. The summed E-state index contributed by atoms with van der Waals surface area (Å²) in [5.41, 5.74) is 5.03. The summed E-state index contributed by atoms with van der Waals surface area (Å²) in [7, 11) is -1.67. The first-order valence-electron chi connectivity index (χ1n) is 10.9. The van der Waals surface area contributed by atoms with Crippen LogP contribution in [0.1, 0.15) is 22.6 Å². The minimum atomic E-state index is -3.64. The first-order chi connectivity index (χ1) is 16.8. The third kappa shape index (κ3) is 6.36. The molecule has 2 unspecified atom stereocenters. The van der Waals surface area contributed by atoms with E-state index < -0.39 is 32.0 Å². The lowest BCUT2D eigenvalue weighted by atomic mass is 9.98. The fraction of sp³-hybridized carbons (Fsp3) is 0.200. The molecule has 0 radical (unpaired) electrons. The van der Waals surface area contributed by atoms with E-state index >= 15 is 0 Å². The van der Waals surface area contributed by atoms with Gasteiger partial charge in [-0.25, -0.2) is 9.59 Å². The van der Waals surface area contributed by atoms with E-state index in [-0.39, 0.29) is 19.1 Å². The van der Waals surface area contributed by atoms with Crippen LogP contribution in [0.15, 0.2) is 78.9 Å². The molecule has 0 aliphatic heterocycles. The average Bonchev–Trinajstić information content (AvgIpc) is 3.18. The highest BCUT2D eigenvalue weighted by Crippen LogP contribution is 2.57. The molecule has 1 amide bonds. The van der Waals surface area contributed by atoms with E-state index in [9.17, 15) is 19.3 Å². The van der Waals surface area contributed by atoms with Gasteiger partial charge in [0.15, 0.2) is 6.04 Å². The third-order valence-corrected chi connectivity index (χ3v) is 7.50. The van der Waals surface area contributed by atoms with Gasteiger partial charge in [-0.3, -0.25) is 4.57 Å². The summed E-state index contributed by atoms with van der Waals surface area (Å²) in [6.07, 6.45) is -0.911. The van der Waals surface area contributed by atoms with Crippen LogP contribution in [0.4, 0.5) is 4.79 Å². The average molecular weight is 513 g/mol. The maximum absolute atomic E-state index is 12.5. The number of carboxylic acids is 1. The van der Waals surface area contributed by atoms with E-state index in [0.717, 1.165) is 27.8 Å². The molecule has 0 bridgehead atoms. The van der Waals surface area contributed by atoms with Crippen molar-refractivity contribution in [2.24, 2.45) is 0 Å². The van der Waals surface area contributed by atoms with Crippen LogP contribution in [0.25, 0.3) is 11.1 Å². The van der Waals surface area contributed by atoms with Crippen LogP contribution >= 0.6 is 16.2 Å². The van der Waals surface area contributed by atoms with Crippen LogP contribution in [0.3, 0.4) is 0 Å². The molecule has 0 aromatic heterocycles. The molecule has 0 heterocycles. The lowest BCUT2D eigenvalue weighted by Gasteiger charge is -2.19. The molecule has 10 heteroatoms. The second-order valence-corrected chi connectivity index (χ2v) is 11.4. The minimum absolute atomic E-state index is 0.0269. The SMILES string of the molecule is O=C(N[C@@H](COP(=O)(P)OCc1ccccc1)C(=O)O)OCC1c2ccccc2-c2ccccc21. The third-order valence-electron chi connectivity index (χ3n) is 5.61. The van der Waals surface area contributed by atoms with Gasteiger partial charge in [0, 0.05) is 5.92 Å². The van der Waals surface area contributed by atoms with Gasteiger partial charge in [-0.2, -0.15) is 0 Å². The highest BCUT2D eigenvalue weighted by Gasteiger charge is 2.30. The number of benzene rings is 3. The summed E-state index contributed by atoms with van der Waals surface area (Å²) in [5.74, 6) is -1.52. The fourth-order valence-corrected chi connectivity index (χ4v) is 5.15. The molecule has 2 N–H and O–H groups in total. The molecule has 3 aromatic rings. The first kappa shape index (κ1) is 25.1. The number of fused-ring (bicyclic) bond motifs is 3. The Labute approximate surface area is 205 Å². The largest absolute Gasteiger partial charge is 0.480 e. The standard InChI is InChI=1S/C25H25NO7P2/c27-24(28)23(16-33-35(30,34)32-14-17-8-2-1-3-9-17)26-25(29)31-15-22-20-12-6-4-10-18(20)19-11-5-7-13-21(19)22/h1-13,22-23H,14-16,34H2,(H,26,29)(H,27,28)/t23-,35?/m0/s1. The summed E-state index contributed by atoms with van der Waals surface area (Å²) in [5, 5.41) is 11.7. The number of aliphatic carboxylic acids is 1. The number of amides is 1. The van der Waals surface area contributed by atoms with E-state index in [1.165, 1.54) is 0 Å². The Bertz CT molecular complexity index is 1210. The molecule has 0 saturated heterocycles. The molecule has 182 valence electrons. The molecular formula is C25H25NO7P2. The van der Waals surface area contributed by atoms with Crippen molar-refractivity contribution in [3.63, 3.8) is 0 Å². The number of alkyl carbamates (subject to hydrolysis) is 1. The number of carbonyl (C=O) groups excluding carboxylic acids is 1. The van der Waals surface area contributed by atoms with Crippen LogP contribution in [-0.4, -0.2) is 36.4 Å². The molecule has 0 saturated carbocycles. The summed E-state index contributed by atoms with van der Waals surface area (Å²) in [6.45, 7) is -0.496. The molecule has 1 aliphatic rings. The normalized spacial score (nSPS) is 14.9. The molecule has 0 fully saturated rings. The first-order valence-corrected chi connectivity index (χ1v) is 14.1. The van der Waals surface area contributed by atoms with Crippen LogP contribution in [-0.2, 0) is 29.8 Å². The van der Waals surface area contributed by atoms with Crippen LogP contribution < -0.4 is 5.32 Å². The summed E-state index contributed by atoms with van der Waals surface area (Å²) in [4.78, 5) is 24.0. The van der Waals surface area contributed by atoms with E-state index in [4.69, 9.17) is 13.8 Å². The second-order valence-electron chi connectivity index (χ2n) is 7.96. The number of rotatable bonds is 10. The van der Waals surface area contributed by atoms with Crippen molar-refractivity contribution in [1.82, 2.24) is 5.32 Å². The molecule has 1 aliphatic carbocycles. The highest BCUT2D eigenvalue weighted by molar-refractivity contribution is 8.12. The molecule has 8 nitrogen and oxygen atoms in total.